The van der Waals surface area contributed by atoms with Gasteiger partial charge in [-0.2, -0.15) is 0 Å². The van der Waals surface area contributed by atoms with Gasteiger partial charge in [-0.05, 0) is 42.8 Å². The van der Waals surface area contributed by atoms with Gasteiger partial charge in [0.05, 0.1) is 12.2 Å². The number of aromatic hydroxyl groups is 1. The molecule has 0 spiro atoms. The minimum atomic E-state index is -0.598. The van der Waals surface area contributed by atoms with Crippen molar-refractivity contribution in [2.75, 3.05) is 6.61 Å². The van der Waals surface area contributed by atoms with Crippen LogP contribution in [0.2, 0.25) is 0 Å². The van der Waals surface area contributed by atoms with E-state index in [1.54, 1.807) is 36.4 Å². The molecule has 0 bridgehead atoms. The first-order valence-corrected chi connectivity index (χ1v) is 7.23. The average molecular weight is 314 g/mol. The van der Waals surface area contributed by atoms with E-state index < -0.39 is 11.8 Å². The van der Waals surface area contributed by atoms with Crippen molar-refractivity contribution in [1.29, 1.82) is 0 Å². The van der Waals surface area contributed by atoms with Crippen molar-refractivity contribution in [2.45, 2.75) is 13.3 Å². The Hall–Kier alpha value is -3.02. The molecule has 0 saturated carbocycles. The van der Waals surface area contributed by atoms with Gasteiger partial charge >= 0.3 is 0 Å². The number of benzene rings is 2. The third-order valence-electron chi connectivity index (χ3n) is 3.03. The highest BCUT2D eigenvalue weighted by Crippen LogP contribution is 2.15. The van der Waals surface area contributed by atoms with Gasteiger partial charge in [-0.25, -0.2) is 0 Å². The summed E-state index contributed by atoms with van der Waals surface area (Å²) in [5.41, 5.74) is 5.01. The molecule has 0 radical (unpaired) electrons. The van der Waals surface area contributed by atoms with E-state index in [9.17, 15) is 14.7 Å². The smallest absolute Gasteiger partial charge is 0.273 e. The lowest BCUT2D eigenvalue weighted by Gasteiger charge is -2.09. The van der Waals surface area contributed by atoms with Gasteiger partial charge in [0.15, 0.2) is 0 Å². The van der Waals surface area contributed by atoms with Crippen LogP contribution in [-0.2, 0) is 0 Å². The van der Waals surface area contributed by atoms with Gasteiger partial charge in [0.1, 0.15) is 11.5 Å². The highest BCUT2D eigenvalue weighted by Gasteiger charge is 2.12. The van der Waals surface area contributed by atoms with Gasteiger partial charge < -0.3 is 9.84 Å². The maximum absolute atomic E-state index is 12.0. The number of amides is 2. The maximum atomic E-state index is 12.0. The van der Waals surface area contributed by atoms with Crippen LogP contribution >= 0.6 is 0 Å². The van der Waals surface area contributed by atoms with Crippen LogP contribution in [0.4, 0.5) is 0 Å². The molecule has 0 aliphatic carbocycles. The fraction of sp³-hybridized carbons (Fsp3) is 0.176. The SMILES string of the molecule is CCCOc1ccc(C(=O)NNC(=O)c2ccccc2O)cc1. The van der Waals surface area contributed by atoms with Crippen molar-refractivity contribution < 1.29 is 19.4 Å². The average Bonchev–Trinajstić information content (AvgIpc) is 2.58. The maximum Gasteiger partial charge on any atom is 0.273 e. The van der Waals surface area contributed by atoms with Crippen molar-refractivity contribution in [3.63, 3.8) is 0 Å². The summed E-state index contributed by atoms with van der Waals surface area (Å²) in [6, 6.07) is 12.7. The second-order valence-corrected chi connectivity index (χ2v) is 4.80. The van der Waals surface area contributed by atoms with E-state index in [0.29, 0.717) is 17.9 Å². The third kappa shape index (κ3) is 4.47. The Morgan fingerprint density at radius 1 is 1.00 bits per heavy atom. The number of carbonyl (C=O) groups is 2. The minimum absolute atomic E-state index is 0.0797. The van der Waals surface area contributed by atoms with Crippen molar-refractivity contribution in [3.05, 3.63) is 59.7 Å². The van der Waals surface area contributed by atoms with Crippen LogP contribution in [0.25, 0.3) is 0 Å². The van der Waals surface area contributed by atoms with Gasteiger partial charge in [-0.1, -0.05) is 19.1 Å². The molecule has 120 valence electrons. The summed E-state index contributed by atoms with van der Waals surface area (Å²) >= 11 is 0. The van der Waals surface area contributed by atoms with Crippen LogP contribution in [0.5, 0.6) is 11.5 Å². The lowest BCUT2D eigenvalue weighted by atomic mass is 10.2. The van der Waals surface area contributed by atoms with E-state index in [0.717, 1.165) is 6.42 Å². The number of phenolic OH excluding ortho intramolecular Hbond substituents is 1. The van der Waals surface area contributed by atoms with Crippen molar-refractivity contribution >= 4 is 11.8 Å². The van der Waals surface area contributed by atoms with Crippen LogP contribution in [0.1, 0.15) is 34.1 Å². The van der Waals surface area contributed by atoms with Gasteiger partial charge in [0.2, 0.25) is 0 Å². The molecule has 0 heterocycles. The number of hydrazine groups is 1. The molecule has 0 saturated heterocycles. The Morgan fingerprint density at radius 3 is 2.30 bits per heavy atom. The fourth-order valence-electron chi connectivity index (χ4n) is 1.84. The summed E-state index contributed by atoms with van der Waals surface area (Å²) < 4.78 is 5.43. The number of nitrogens with one attached hydrogen (secondary N) is 2. The number of para-hydroxylation sites is 1. The van der Waals surface area contributed by atoms with Gasteiger partial charge in [0.25, 0.3) is 11.8 Å². The summed E-state index contributed by atoms with van der Waals surface area (Å²) in [6.45, 7) is 2.62. The molecule has 2 rings (SSSR count). The predicted octanol–water partition coefficient (Wildman–Crippen LogP) is 2.26. The topological polar surface area (TPSA) is 87.7 Å². The number of rotatable bonds is 5. The van der Waals surface area contributed by atoms with E-state index in [4.69, 9.17) is 4.74 Å². The highest BCUT2D eigenvalue weighted by molar-refractivity contribution is 6.00. The Labute approximate surface area is 134 Å². The molecule has 23 heavy (non-hydrogen) atoms. The molecule has 0 atom stereocenters. The molecule has 0 aliphatic rings. The molecule has 3 N–H and O–H groups in total. The van der Waals surface area contributed by atoms with Crippen molar-refractivity contribution in [3.8, 4) is 11.5 Å². The molecule has 6 nitrogen and oxygen atoms in total. The molecule has 0 aliphatic heterocycles. The van der Waals surface area contributed by atoms with Crippen LogP contribution < -0.4 is 15.6 Å². The second kappa shape index (κ2) is 7.84. The summed E-state index contributed by atoms with van der Waals surface area (Å²) in [7, 11) is 0. The first-order valence-electron chi connectivity index (χ1n) is 7.23. The Balaban J connectivity index is 1.92. The van der Waals surface area contributed by atoms with Crippen LogP contribution in [0, 0.1) is 0 Å². The van der Waals surface area contributed by atoms with Crippen LogP contribution in [0.3, 0.4) is 0 Å². The molecule has 0 fully saturated rings. The predicted molar refractivity (Wildman–Crippen MR) is 85.3 cm³/mol. The number of hydrogen-bond acceptors (Lipinski definition) is 4. The second-order valence-electron chi connectivity index (χ2n) is 4.80. The molecular weight excluding hydrogens is 296 g/mol. The number of ether oxygens (including phenoxy) is 1. The molecule has 0 aromatic heterocycles. The summed E-state index contributed by atoms with van der Waals surface area (Å²) in [5.74, 6) is -0.534. The molecule has 2 amide bonds. The van der Waals surface area contributed by atoms with E-state index in [-0.39, 0.29) is 11.3 Å². The van der Waals surface area contributed by atoms with Crippen LogP contribution in [0.15, 0.2) is 48.5 Å². The standard InChI is InChI=1S/C17H18N2O4/c1-2-11-23-13-9-7-12(8-10-13)16(21)18-19-17(22)14-5-3-4-6-15(14)20/h3-10,20H,2,11H2,1H3,(H,18,21)(H,19,22). The Bertz CT molecular complexity index is 683. The quantitative estimate of drug-likeness (QED) is 0.739. The lowest BCUT2D eigenvalue weighted by Crippen LogP contribution is -2.41. The molecule has 2 aromatic rings. The Morgan fingerprint density at radius 2 is 1.65 bits per heavy atom. The number of hydrogen-bond donors (Lipinski definition) is 3. The van der Waals surface area contributed by atoms with E-state index in [1.807, 2.05) is 6.92 Å². The van der Waals surface area contributed by atoms with Crippen LogP contribution in [-0.4, -0.2) is 23.5 Å². The Kier molecular flexibility index (Phi) is 5.57. The molecular formula is C17H18N2O4. The molecule has 6 heteroatoms. The summed E-state index contributed by atoms with van der Waals surface area (Å²) in [5, 5.41) is 9.58. The molecule has 2 aromatic carbocycles. The summed E-state index contributed by atoms with van der Waals surface area (Å²) in [6.07, 6.45) is 0.903. The monoisotopic (exact) mass is 314 g/mol. The zero-order valence-electron chi connectivity index (χ0n) is 12.7. The normalized spacial score (nSPS) is 9.96. The van der Waals surface area contributed by atoms with Crippen molar-refractivity contribution in [2.24, 2.45) is 0 Å². The number of phenols is 1. The zero-order valence-corrected chi connectivity index (χ0v) is 12.7. The van der Waals surface area contributed by atoms with E-state index >= 15 is 0 Å². The summed E-state index contributed by atoms with van der Waals surface area (Å²) in [4.78, 5) is 23.8. The first kappa shape index (κ1) is 16.4. The first-order chi connectivity index (χ1) is 11.1. The zero-order chi connectivity index (χ0) is 16.7. The lowest BCUT2D eigenvalue weighted by molar-refractivity contribution is 0.0845. The molecule has 0 unspecified atom stereocenters. The third-order valence-corrected chi connectivity index (χ3v) is 3.03. The van der Waals surface area contributed by atoms with Crippen molar-refractivity contribution in [1.82, 2.24) is 10.9 Å². The fourth-order valence-corrected chi connectivity index (χ4v) is 1.84. The van der Waals surface area contributed by atoms with E-state index in [1.165, 1.54) is 12.1 Å². The van der Waals surface area contributed by atoms with Gasteiger partial charge in [0, 0.05) is 5.56 Å². The minimum Gasteiger partial charge on any atom is -0.507 e. The largest absolute Gasteiger partial charge is 0.507 e. The van der Waals surface area contributed by atoms with Gasteiger partial charge in [-0.15, -0.1) is 0 Å². The highest BCUT2D eigenvalue weighted by atomic mass is 16.5. The number of carbonyl (C=O) groups excluding carboxylic acids is 2. The van der Waals surface area contributed by atoms with E-state index in [2.05, 4.69) is 10.9 Å². The van der Waals surface area contributed by atoms with Gasteiger partial charge in [-0.3, -0.25) is 20.4 Å².